The molecule has 4 heteroatoms. The van der Waals surface area contributed by atoms with E-state index in [9.17, 15) is 0 Å². The maximum atomic E-state index is 5.35. The highest BCUT2D eigenvalue weighted by atomic mass is 16.5. The number of aromatic nitrogens is 1. The molecule has 0 amide bonds. The minimum Gasteiger partial charge on any atom is -0.493 e. The zero-order valence-corrected chi connectivity index (χ0v) is 13.2. The molecule has 0 aliphatic rings. The van der Waals surface area contributed by atoms with Crippen LogP contribution in [-0.4, -0.2) is 25.3 Å². The van der Waals surface area contributed by atoms with Gasteiger partial charge in [-0.2, -0.15) is 0 Å². The molecule has 1 aromatic heterocycles. The van der Waals surface area contributed by atoms with Crippen LogP contribution in [0.4, 0.5) is 0 Å². The minimum absolute atomic E-state index is 0.377. The molecule has 114 valence electrons. The summed E-state index contributed by atoms with van der Waals surface area (Å²) in [6.45, 7) is 6.10. The Labute approximate surface area is 126 Å². The summed E-state index contributed by atoms with van der Waals surface area (Å²) in [5.74, 6) is 1.53. The van der Waals surface area contributed by atoms with Crippen LogP contribution < -0.4 is 14.8 Å². The first-order chi connectivity index (χ1) is 10.2. The predicted octanol–water partition coefficient (Wildman–Crippen LogP) is 3.22. The molecule has 0 saturated carbocycles. The number of nitrogens with zero attached hydrogens (tertiary/aromatic N) is 1. The third kappa shape index (κ3) is 3.79. The first kappa shape index (κ1) is 15.4. The molecule has 1 unspecified atom stereocenters. The Bertz CT molecular complexity index is 578. The Morgan fingerprint density at radius 2 is 1.90 bits per heavy atom. The molecule has 2 aromatic rings. The number of hydrogen-bond acceptors (Lipinski definition) is 3. The Hall–Kier alpha value is -1.94. The van der Waals surface area contributed by atoms with Gasteiger partial charge in [0, 0.05) is 25.0 Å². The first-order valence-electron chi connectivity index (χ1n) is 7.28. The molecule has 0 spiro atoms. The van der Waals surface area contributed by atoms with Crippen molar-refractivity contribution in [1.29, 1.82) is 0 Å². The molecule has 0 radical (unpaired) electrons. The second kappa shape index (κ2) is 7.18. The Morgan fingerprint density at radius 3 is 2.57 bits per heavy atom. The summed E-state index contributed by atoms with van der Waals surface area (Å²) in [5.41, 5.74) is 2.49. The summed E-state index contributed by atoms with van der Waals surface area (Å²) in [6.07, 6.45) is 4.30. The molecule has 1 aromatic carbocycles. The number of benzene rings is 1. The van der Waals surface area contributed by atoms with Crippen LogP contribution in [0.5, 0.6) is 11.5 Å². The fourth-order valence-corrected chi connectivity index (χ4v) is 2.43. The quantitative estimate of drug-likeness (QED) is 0.849. The molecule has 21 heavy (non-hydrogen) atoms. The highest BCUT2D eigenvalue weighted by Gasteiger charge is 2.07. The molecule has 1 N–H and O–H groups in total. The zero-order valence-electron chi connectivity index (χ0n) is 13.2. The predicted molar refractivity (Wildman–Crippen MR) is 85.2 cm³/mol. The summed E-state index contributed by atoms with van der Waals surface area (Å²) < 4.78 is 12.8. The lowest BCUT2D eigenvalue weighted by molar-refractivity contribution is 0.354. The fraction of sp³-hybridized carbons (Fsp3) is 0.412. The molecular formula is C17H24N2O2. The number of ether oxygens (including phenoxy) is 2. The van der Waals surface area contributed by atoms with Gasteiger partial charge in [-0.25, -0.2) is 0 Å². The van der Waals surface area contributed by atoms with E-state index in [1.807, 2.05) is 12.1 Å². The van der Waals surface area contributed by atoms with Gasteiger partial charge in [0.25, 0.3) is 0 Å². The van der Waals surface area contributed by atoms with Crippen molar-refractivity contribution in [1.82, 2.24) is 9.88 Å². The van der Waals surface area contributed by atoms with E-state index in [0.29, 0.717) is 6.04 Å². The van der Waals surface area contributed by atoms with E-state index in [1.165, 1.54) is 11.1 Å². The average Bonchev–Trinajstić information content (AvgIpc) is 2.96. The van der Waals surface area contributed by atoms with Crippen molar-refractivity contribution in [3.63, 3.8) is 0 Å². The van der Waals surface area contributed by atoms with Crippen LogP contribution in [0.25, 0.3) is 0 Å². The minimum atomic E-state index is 0.377. The molecule has 0 aliphatic carbocycles. The summed E-state index contributed by atoms with van der Waals surface area (Å²) >= 11 is 0. The third-order valence-electron chi connectivity index (χ3n) is 3.60. The Balaban J connectivity index is 2.11. The van der Waals surface area contributed by atoms with Crippen molar-refractivity contribution in [2.45, 2.75) is 26.4 Å². The van der Waals surface area contributed by atoms with Gasteiger partial charge in [-0.3, -0.25) is 0 Å². The van der Waals surface area contributed by atoms with E-state index < -0.39 is 0 Å². The van der Waals surface area contributed by atoms with E-state index >= 15 is 0 Å². The van der Waals surface area contributed by atoms with Crippen LogP contribution in [0, 0.1) is 0 Å². The van der Waals surface area contributed by atoms with E-state index in [1.54, 1.807) is 14.2 Å². The second-order valence-electron chi connectivity index (χ2n) is 5.09. The van der Waals surface area contributed by atoms with Gasteiger partial charge in [0.1, 0.15) is 0 Å². The Morgan fingerprint density at radius 1 is 1.14 bits per heavy atom. The van der Waals surface area contributed by atoms with Crippen LogP contribution in [0.15, 0.2) is 36.7 Å². The van der Waals surface area contributed by atoms with Crippen molar-refractivity contribution in [2.75, 3.05) is 20.8 Å². The molecule has 0 aliphatic heterocycles. The maximum absolute atomic E-state index is 5.35. The Kier molecular flexibility index (Phi) is 5.28. The third-order valence-corrected chi connectivity index (χ3v) is 3.60. The lowest BCUT2D eigenvalue weighted by Crippen LogP contribution is -2.17. The highest BCUT2D eigenvalue weighted by Crippen LogP contribution is 2.28. The normalized spacial score (nSPS) is 12.2. The van der Waals surface area contributed by atoms with Crippen LogP contribution in [-0.2, 0) is 6.54 Å². The van der Waals surface area contributed by atoms with Crippen LogP contribution in [0.2, 0.25) is 0 Å². The van der Waals surface area contributed by atoms with Crippen LogP contribution in [0.1, 0.15) is 31.0 Å². The lowest BCUT2D eigenvalue weighted by Gasteiger charge is -2.11. The van der Waals surface area contributed by atoms with Crippen molar-refractivity contribution in [3.05, 3.63) is 47.8 Å². The van der Waals surface area contributed by atoms with Gasteiger partial charge in [0.15, 0.2) is 11.5 Å². The monoisotopic (exact) mass is 288 g/mol. The van der Waals surface area contributed by atoms with E-state index in [4.69, 9.17) is 9.47 Å². The van der Waals surface area contributed by atoms with Crippen molar-refractivity contribution >= 4 is 0 Å². The molecule has 1 atom stereocenters. The molecule has 0 bridgehead atoms. The molecule has 4 nitrogen and oxygen atoms in total. The highest BCUT2D eigenvalue weighted by molar-refractivity contribution is 5.43. The summed E-state index contributed by atoms with van der Waals surface area (Å²) in [4.78, 5) is 0. The molecule has 0 saturated heterocycles. The summed E-state index contributed by atoms with van der Waals surface area (Å²) in [5, 5.41) is 3.42. The van der Waals surface area contributed by atoms with Gasteiger partial charge in [-0.05, 0) is 42.8 Å². The average molecular weight is 288 g/mol. The second-order valence-corrected chi connectivity index (χ2v) is 5.09. The number of methoxy groups -OCH3 is 2. The van der Waals surface area contributed by atoms with Crippen LogP contribution >= 0.6 is 0 Å². The van der Waals surface area contributed by atoms with Gasteiger partial charge >= 0.3 is 0 Å². The number of nitrogens with one attached hydrogen (secondary N) is 1. The van der Waals surface area contributed by atoms with Gasteiger partial charge in [0.2, 0.25) is 0 Å². The van der Waals surface area contributed by atoms with Crippen molar-refractivity contribution in [2.24, 2.45) is 0 Å². The van der Waals surface area contributed by atoms with Crippen molar-refractivity contribution < 1.29 is 9.47 Å². The molecule has 2 rings (SSSR count). The zero-order chi connectivity index (χ0) is 15.2. The van der Waals surface area contributed by atoms with Gasteiger partial charge in [0.05, 0.1) is 14.2 Å². The van der Waals surface area contributed by atoms with E-state index in [2.05, 4.69) is 48.3 Å². The van der Waals surface area contributed by atoms with E-state index in [0.717, 1.165) is 24.6 Å². The smallest absolute Gasteiger partial charge is 0.161 e. The van der Waals surface area contributed by atoms with Gasteiger partial charge < -0.3 is 19.4 Å². The van der Waals surface area contributed by atoms with Crippen molar-refractivity contribution in [3.8, 4) is 11.5 Å². The molecule has 1 heterocycles. The lowest BCUT2D eigenvalue weighted by atomic mass is 10.2. The summed E-state index contributed by atoms with van der Waals surface area (Å²) in [7, 11) is 3.31. The standard InChI is InChI=1S/C17H24N2O2/c1-5-18-13(2)15-8-9-19(12-15)11-14-6-7-16(20-3)17(10-14)21-4/h6-10,12-13,18H,5,11H2,1-4H3. The number of hydrogen-bond donors (Lipinski definition) is 1. The van der Waals surface area contributed by atoms with E-state index in [-0.39, 0.29) is 0 Å². The molecular weight excluding hydrogens is 264 g/mol. The first-order valence-corrected chi connectivity index (χ1v) is 7.28. The SMILES string of the molecule is CCNC(C)c1ccn(Cc2ccc(OC)c(OC)c2)c1. The number of rotatable bonds is 7. The maximum Gasteiger partial charge on any atom is 0.161 e. The van der Waals surface area contributed by atoms with Gasteiger partial charge in [-0.15, -0.1) is 0 Å². The summed E-state index contributed by atoms with van der Waals surface area (Å²) in [6, 6.07) is 8.57. The molecule has 0 fully saturated rings. The topological polar surface area (TPSA) is 35.4 Å². The van der Waals surface area contributed by atoms with Gasteiger partial charge in [-0.1, -0.05) is 13.0 Å². The fourth-order valence-electron chi connectivity index (χ4n) is 2.43. The largest absolute Gasteiger partial charge is 0.493 e. The van der Waals surface area contributed by atoms with Crippen LogP contribution in [0.3, 0.4) is 0 Å².